The molecule has 3 rings (SSSR count). The minimum absolute atomic E-state index is 0.242. The largest absolute Gasteiger partial charge is 0.353 e. The van der Waals surface area contributed by atoms with E-state index in [4.69, 9.17) is 0 Å². The van der Waals surface area contributed by atoms with E-state index in [9.17, 15) is 9.59 Å². The number of nitrogens with one attached hydrogen (secondary N) is 1. The highest BCUT2D eigenvalue weighted by molar-refractivity contribution is 5.82. The molecule has 19 heavy (non-hydrogen) atoms. The number of likely N-dealkylation sites (tertiary alicyclic amines) is 1. The Kier molecular flexibility index (Phi) is 3.50. The van der Waals surface area contributed by atoms with Gasteiger partial charge in [0, 0.05) is 31.0 Å². The molecule has 4 heteroatoms. The standard InChI is InChI=1S/C15H24N2O2/c1-10-9-13(10)15(19)17-7-5-12(6-8-17)16-14(18)11-3-2-4-11/h10-13H,2-9H2,1H3,(H,16,18)/t10-,13-/m0/s1. The quantitative estimate of drug-likeness (QED) is 0.841. The van der Waals surface area contributed by atoms with E-state index in [1.54, 1.807) is 0 Å². The number of hydrogen-bond acceptors (Lipinski definition) is 2. The molecule has 106 valence electrons. The summed E-state index contributed by atoms with van der Waals surface area (Å²) in [6, 6.07) is 0.286. The number of piperidine rings is 1. The molecule has 0 radical (unpaired) electrons. The molecule has 4 nitrogen and oxygen atoms in total. The first kappa shape index (κ1) is 12.9. The van der Waals surface area contributed by atoms with Crippen molar-refractivity contribution in [1.82, 2.24) is 10.2 Å². The first-order valence-electron chi connectivity index (χ1n) is 7.74. The maximum atomic E-state index is 12.1. The zero-order chi connectivity index (χ0) is 13.4. The van der Waals surface area contributed by atoms with E-state index in [0.29, 0.717) is 17.7 Å². The molecule has 1 heterocycles. The van der Waals surface area contributed by atoms with Crippen LogP contribution in [0.5, 0.6) is 0 Å². The molecule has 2 aliphatic carbocycles. The highest BCUT2D eigenvalue weighted by Gasteiger charge is 2.42. The predicted molar refractivity (Wildman–Crippen MR) is 72.4 cm³/mol. The van der Waals surface area contributed by atoms with E-state index < -0.39 is 0 Å². The molecule has 3 fully saturated rings. The number of carbonyl (C=O) groups excluding carboxylic acids is 2. The second-order valence-corrected chi connectivity index (χ2v) is 6.56. The molecule has 1 saturated heterocycles. The second-order valence-electron chi connectivity index (χ2n) is 6.56. The van der Waals surface area contributed by atoms with E-state index >= 15 is 0 Å². The molecule has 0 aromatic carbocycles. The van der Waals surface area contributed by atoms with Crippen LogP contribution in [0, 0.1) is 17.8 Å². The van der Waals surface area contributed by atoms with Crippen molar-refractivity contribution in [2.45, 2.75) is 51.5 Å². The monoisotopic (exact) mass is 264 g/mol. The van der Waals surface area contributed by atoms with Gasteiger partial charge in [0.05, 0.1) is 0 Å². The normalized spacial score (nSPS) is 31.7. The molecule has 2 amide bonds. The molecule has 0 aromatic heterocycles. The van der Waals surface area contributed by atoms with Crippen molar-refractivity contribution in [3.63, 3.8) is 0 Å². The Bertz CT molecular complexity index is 370. The predicted octanol–water partition coefficient (Wildman–Crippen LogP) is 1.55. The van der Waals surface area contributed by atoms with Crippen molar-refractivity contribution in [3.05, 3.63) is 0 Å². The van der Waals surface area contributed by atoms with Crippen LogP contribution < -0.4 is 5.32 Å². The summed E-state index contributed by atoms with van der Waals surface area (Å²) >= 11 is 0. The Labute approximate surface area is 114 Å². The van der Waals surface area contributed by atoms with Gasteiger partial charge in [-0.2, -0.15) is 0 Å². The highest BCUT2D eigenvalue weighted by Crippen LogP contribution is 2.39. The molecule has 1 aliphatic heterocycles. The molecular formula is C15H24N2O2. The van der Waals surface area contributed by atoms with E-state index in [0.717, 1.165) is 45.2 Å². The van der Waals surface area contributed by atoms with Crippen molar-refractivity contribution in [2.24, 2.45) is 17.8 Å². The molecule has 0 aromatic rings. The van der Waals surface area contributed by atoms with E-state index in [1.807, 2.05) is 4.90 Å². The summed E-state index contributed by atoms with van der Waals surface area (Å²) in [5.41, 5.74) is 0. The van der Waals surface area contributed by atoms with Gasteiger partial charge in [-0.05, 0) is 38.0 Å². The van der Waals surface area contributed by atoms with Crippen LogP contribution in [0.25, 0.3) is 0 Å². The summed E-state index contributed by atoms with van der Waals surface area (Å²) in [4.78, 5) is 26.0. The molecule has 0 bridgehead atoms. The lowest BCUT2D eigenvalue weighted by Crippen LogP contribution is -2.48. The Morgan fingerprint density at radius 1 is 1.11 bits per heavy atom. The van der Waals surface area contributed by atoms with Gasteiger partial charge < -0.3 is 10.2 Å². The van der Waals surface area contributed by atoms with Crippen LogP contribution in [0.4, 0.5) is 0 Å². The second kappa shape index (κ2) is 5.14. The fourth-order valence-corrected chi connectivity index (χ4v) is 3.13. The van der Waals surface area contributed by atoms with Crippen LogP contribution in [0.15, 0.2) is 0 Å². The number of nitrogens with zero attached hydrogens (tertiary/aromatic N) is 1. The first-order valence-corrected chi connectivity index (χ1v) is 7.74. The maximum absolute atomic E-state index is 12.1. The number of rotatable bonds is 3. The zero-order valence-corrected chi connectivity index (χ0v) is 11.7. The Balaban J connectivity index is 1.41. The Morgan fingerprint density at radius 2 is 1.74 bits per heavy atom. The average molecular weight is 264 g/mol. The van der Waals surface area contributed by atoms with Crippen molar-refractivity contribution in [2.75, 3.05) is 13.1 Å². The summed E-state index contributed by atoms with van der Waals surface area (Å²) in [7, 11) is 0. The summed E-state index contributed by atoms with van der Waals surface area (Å²) in [6.07, 6.45) is 6.23. The van der Waals surface area contributed by atoms with Crippen molar-refractivity contribution >= 4 is 11.8 Å². The lowest BCUT2D eigenvalue weighted by molar-refractivity contribution is -0.134. The summed E-state index contributed by atoms with van der Waals surface area (Å²) in [5.74, 6) is 1.74. The van der Waals surface area contributed by atoms with Gasteiger partial charge >= 0.3 is 0 Å². The van der Waals surface area contributed by atoms with Gasteiger partial charge in [0.15, 0.2) is 0 Å². The number of amides is 2. The van der Waals surface area contributed by atoms with E-state index in [1.165, 1.54) is 6.42 Å². The summed E-state index contributed by atoms with van der Waals surface area (Å²) in [5, 5.41) is 3.16. The van der Waals surface area contributed by atoms with Gasteiger partial charge in [-0.25, -0.2) is 0 Å². The minimum atomic E-state index is 0.242. The van der Waals surface area contributed by atoms with Crippen LogP contribution in [0.1, 0.15) is 45.4 Å². The SMILES string of the molecule is C[C@H]1C[C@@H]1C(=O)N1CCC(NC(=O)C2CCC2)CC1. The first-order chi connectivity index (χ1) is 9.15. The van der Waals surface area contributed by atoms with Crippen LogP contribution in [-0.2, 0) is 9.59 Å². The topological polar surface area (TPSA) is 49.4 Å². The molecule has 2 saturated carbocycles. The van der Waals surface area contributed by atoms with Gasteiger partial charge in [0.2, 0.25) is 11.8 Å². The van der Waals surface area contributed by atoms with Gasteiger partial charge in [0.1, 0.15) is 0 Å². The molecule has 2 atom stereocenters. The average Bonchev–Trinajstić information content (AvgIpc) is 3.04. The van der Waals surface area contributed by atoms with Gasteiger partial charge in [-0.15, -0.1) is 0 Å². The van der Waals surface area contributed by atoms with Crippen LogP contribution in [0.2, 0.25) is 0 Å². The van der Waals surface area contributed by atoms with E-state index in [2.05, 4.69) is 12.2 Å². The molecule has 1 N–H and O–H groups in total. The zero-order valence-electron chi connectivity index (χ0n) is 11.7. The number of carbonyl (C=O) groups is 2. The Hall–Kier alpha value is -1.06. The van der Waals surface area contributed by atoms with Gasteiger partial charge in [-0.3, -0.25) is 9.59 Å². The van der Waals surface area contributed by atoms with Crippen LogP contribution >= 0.6 is 0 Å². The molecule has 0 spiro atoms. The van der Waals surface area contributed by atoms with Crippen LogP contribution in [-0.4, -0.2) is 35.8 Å². The summed E-state index contributed by atoms with van der Waals surface area (Å²) < 4.78 is 0. The van der Waals surface area contributed by atoms with Crippen molar-refractivity contribution in [3.8, 4) is 0 Å². The van der Waals surface area contributed by atoms with Crippen molar-refractivity contribution < 1.29 is 9.59 Å². The fourth-order valence-electron chi connectivity index (χ4n) is 3.13. The van der Waals surface area contributed by atoms with Gasteiger partial charge in [0.25, 0.3) is 0 Å². The third-order valence-electron chi connectivity index (χ3n) is 5.06. The Morgan fingerprint density at radius 3 is 2.21 bits per heavy atom. The van der Waals surface area contributed by atoms with Crippen LogP contribution in [0.3, 0.4) is 0 Å². The van der Waals surface area contributed by atoms with Gasteiger partial charge in [-0.1, -0.05) is 13.3 Å². The molecular weight excluding hydrogens is 240 g/mol. The summed E-state index contributed by atoms with van der Waals surface area (Å²) in [6.45, 7) is 3.78. The lowest BCUT2D eigenvalue weighted by atomic mass is 9.84. The number of hydrogen-bond donors (Lipinski definition) is 1. The smallest absolute Gasteiger partial charge is 0.225 e. The van der Waals surface area contributed by atoms with E-state index in [-0.39, 0.29) is 17.9 Å². The minimum Gasteiger partial charge on any atom is -0.353 e. The molecule has 3 aliphatic rings. The molecule has 0 unspecified atom stereocenters. The lowest BCUT2D eigenvalue weighted by Gasteiger charge is -2.34. The third kappa shape index (κ3) is 2.77. The van der Waals surface area contributed by atoms with Crippen molar-refractivity contribution in [1.29, 1.82) is 0 Å². The highest BCUT2D eigenvalue weighted by atomic mass is 16.2. The fraction of sp³-hybridized carbons (Fsp3) is 0.867. The maximum Gasteiger partial charge on any atom is 0.225 e. The third-order valence-corrected chi connectivity index (χ3v) is 5.06.